The van der Waals surface area contributed by atoms with Gasteiger partial charge in [0.15, 0.2) is 0 Å². The number of carbonyl (C=O) groups is 2. The minimum Gasteiger partial charge on any atom is -0.481 e. The van der Waals surface area contributed by atoms with Crippen molar-refractivity contribution >= 4 is 32.9 Å². The van der Waals surface area contributed by atoms with Gasteiger partial charge < -0.3 is 14.8 Å². The SMILES string of the molecule is O=C(O)CCn1c2c(c3ccccc31)CC(N(CC(=O)O)S(=O)(=O)c1ccc(F)cc1)CC2. The molecule has 8 nitrogen and oxygen atoms in total. The van der Waals surface area contributed by atoms with E-state index in [4.69, 9.17) is 5.11 Å². The Hall–Kier alpha value is -3.24. The number of rotatable bonds is 8. The minimum absolute atomic E-state index is 0.0430. The third-order valence-electron chi connectivity index (χ3n) is 6.02. The monoisotopic (exact) mass is 474 g/mol. The number of aromatic nitrogens is 1. The molecule has 3 aromatic rings. The molecule has 0 radical (unpaired) electrons. The van der Waals surface area contributed by atoms with Crippen LogP contribution in [0.1, 0.15) is 24.1 Å². The molecule has 0 bridgehead atoms. The second-order valence-corrected chi connectivity index (χ2v) is 9.92. The Morgan fingerprint density at radius 1 is 1.06 bits per heavy atom. The summed E-state index contributed by atoms with van der Waals surface area (Å²) in [6.45, 7) is -0.417. The maximum absolute atomic E-state index is 13.3. The molecule has 2 N–H and O–H groups in total. The van der Waals surface area contributed by atoms with Gasteiger partial charge in [-0.2, -0.15) is 4.31 Å². The van der Waals surface area contributed by atoms with Crippen molar-refractivity contribution in [2.45, 2.75) is 43.2 Å². The average Bonchev–Trinajstić information content (AvgIpc) is 3.09. The molecular weight excluding hydrogens is 451 g/mol. The molecule has 1 aliphatic rings. The summed E-state index contributed by atoms with van der Waals surface area (Å²) in [4.78, 5) is 22.5. The Balaban J connectivity index is 1.74. The number of halogens is 1. The number of benzene rings is 2. The quantitative estimate of drug-likeness (QED) is 0.519. The topological polar surface area (TPSA) is 117 Å². The van der Waals surface area contributed by atoms with Crippen LogP contribution in [-0.4, -0.2) is 52.0 Å². The predicted octanol–water partition coefficient (Wildman–Crippen LogP) is 2.89. The van der Waals surface area contributed by atoms with Crippen LogP contribution >= 0.6 is 0 Å². The van der Waals surface area contributed by atoms with Gasteiger partial charge >= 0.3 is 11.9 Å². The summed E-state index contributed by atoms with van der Waals surface area (Å²) in [6, 6.07) is 11.2. The van der Waals surface area contributed by atoms with E-state index >= 15 is 0 Å². The number of hydrogen-bond donors (Lipinski definition) is 2. The fourth-order valence-corrected chi connectivity index (χ4v) is 6.18. The van der Waals surface area contributed by atoms with Crippen LogP contribution in [0, 0.1) is 5.82 Å². The van der Waals surface area contributed by atoms with Crippen molar-refractivity contribution in [1.82, 2.24) is 8.87 Å². The lowest BCUT2D eigenvalue weighted by Crippen LogP contribution is -2.46. The van der Waals surface area contributed by atoms with E-state index in [0.717, 1.165) is 50.7 Å². The van der Waals surface area contributed by atoms with Crippen molar-refractivity contribution in [3.63, 3.8) is 0 Å². The normalized spacial score (nSPS) is 16.1. The second-order valence-electron chi connectivity index (χ2n) is 8.03. The van der Waals surface area contributed by atoms with E-state index in [0.29, 0.717) is 25.8 Å². The van der Waals surface area contributed by atoms with Gasteiger partial charge in [-0.3, -0.25) is 9.59 Å². The zero-order valence-electron chi connectivity index (χ0n) is 17.6. The molecule has 0 aliphatic heterocycles. The first-order valence-corrected chi connectivity index (χ1v) is 11.9. The lowest BCUT2D eigenvalue weighted by molar-refractivity contribution is -0.138. The summed E-state index contributed by atoms with van der Waals surface area (Å²) >= 11 is 0. The van der Waals surface area contributed by atoms with Gasteiger partial charge in [0.1, 0.15) is 12.4 Å². The van der Waals surface area contributed by atoms with E-state index in [1.165, 1.54) is 0 Å². The summed E-state index contributed by atoms with van der Waals surface area (Å²) in [7, 11) is -4.18. The van der Waals surface area contributed by atoms with Crippen molar-refractivity contribution in [3.05, 3.63) is 65.6 Å². The number of aliphatic carboxylic acids is 2. The third kappa shape index (κ3) is 4.49. The molecule has 0 fully saturated rings. The van der Waals surface area contributed by atoms with Gasteiger partial charge in [0.2, 0.25) is 10.0 Å². The van der Waals surface area contributed by atoms with Gasteiger partial charge in [-0.25, -0.2) is 12.8 Å². The van der Waals surface area contributed by atoms with Crippen LogP contribution in [0.15, 0.2) is 53.4 Å². The highest BCUT2D eigenvalue weighted by Gasteiger charge is 2.37. The van der Waals surface area contributed by atoms with E-state index in [1.807, 2.05) is 28.8 Å². The molecule has 33 heavy (non-hydrogen) atoms. The number of fused-ring (bicyclic) bond motifs is 3. The van der Waals surface area contributed by atoms with Crippen LogP contribution in [0.3, 0.4) is 0 Å². The Kier molecular flexibility index (Phi) is 6.22. The molecule has 0 amide bonds. The molecule has 1 unspecified atom stereocenters. The molecule has 1 heterocycles. The van der Waals surface area contributed by atoms with Crippen LogP contribution in [0.5, 0.6) is 0 Å². The van der Waals surface area contributed by atoms with E-state index in [2.05, 4.69) is 0 Å². The number of para-hydroxylation sites is 1. The highest BCUT2D eigenvalue weighted by atomic mass is 32.2. The molecule has 174 valence electrons. The van der Waals surface area contributed by atoms with E-state index < -0.39 is 40.4 Å². The molecule has 2 aromatic carbocycles. The summed E-state index contributed by atoms with van der Waals surface area (Å²) in [5, 5.41) is 19.5. The number of aryl methyl sites for hydroxylation is 1. The van der Waals surface area contributed by atoms with Gasteiger partial charge in [-0.05, 0) is 55.2 Å². The highest BCUT2D eigenvalue weighted by molar-refractivity contribution is 7.89. The maximum Gasteiger partial charge on any atom is 0.318 e. The van der Waals surface area contributed by atoms with E-state index in [-0.39, 0.29) is 11.3 Å². The molecule has 4 rings (SSSR count). The lowest BCUT2D eigenvalue weighted by atomic mass is 9.91. The van der Waals surface area contributed by atoms with Gasteiger partial charge in [-0.1, -0.05) is 18.2 Å². The van der Waals surface area contributed by atoms with Gasteiger partial charge in [-0.15, -0.1) is 0 Å². The number of carboxylic acids is 2. The molecule has 0 saturated carbocycles. The van der Waals surface area contributed by atoms with Crippen LogP contribution in [0.25, 0.3) is 10.9 Å². The van der Waals surface area contributed by atoms with Crippen molar-refractivity contribution in [3.8, 4) is 0 Å². The Morgan fingerprint density at radius 3 is 2.42 bits per heavy atom. The second kappa shape index (κ2) is 8.95. The Morgan fingerprint density at radius 2 is 1.76 bits per heavy atom. The Labute approximate surface area is 189 Å². The number of hydrogen-bond acceptors (Lipinski definition) is 4. The largest absolute Gasteiger partial charge is 0.481 e. The van der Waals surface area contributed by atoms with Crippen LogP contribution in [0.4, 0.5) is 4.39 Å². The third-order valence-corrected chi connectivity index (χ3v) is 7.93. The highest BCUT2D eigenvalue weighted by Crippen LogP contribution is 2.35. The molecule has 0 saturated heterocycles. The molecule has 10 heteroatoms. The minimum atomic E-state index is -4.18. The molecular formula is C23H23FN2O6S. The zero-order valence-corrected chi connectivity index (χ0v) is 18.5. The van der Waals surface area contributed by atoms with Crippen molar-refractivity contribution < 1.29 is 32.6 Å². The first-order chi connectivity index (χ1) is 15.7. The van der Waals surface area contributed by atoms with Gasteiger partial charge in [0.05, 0.1) is 11.3 Å². The van der Waals surface area contributed by atoms with Crippen molar-refractivity contribution in [2.75, 3.05) is 6.54 Å². The summed E-state index contributed by atoms with van der Waals surface area (Å²) in [5.41, 5.74) is 2.72. The maximum atomic E-state index is 13.3. The van der Waals surface area contributed by atoms with Crippen LogP contribution < -0.4 is 0 Å². The Bertz CT molecular complexity index is 1320. The van der Waals surface area contributed by atoms with Crippen LogP contribution in [0.2, 0.25) is 0 Å². The average molecular weight is 475 g/mol. The predicted molar refractivity (Wildman–Crippen MR) is 118 cm³/mol. The fraction of sp³-hybridized carbons (Fsp3) is 0.304. The standard InChI is InChI=1S/C23H23FN2O6S/c24-15-5-8-17(9-6-15)33(31,32)26(14-23(29)30)16-7-10-21-19(13-16)18-3-1-2-4-20(18)25(21)12-11-22(27)28/h1-6,8-9,16H,7,10-14H2,(H,27,28)(H,29,30). The van der Waals surface area contributed by atoms with Gasteiger partial charge in [0, 0.05) is 29.2 Å². The zero-order chi connectivity index (χ0) is 23.8. The first kappa shape index (κ1) is 22.9. The molecule has 1 atom stereocenters. The molecule has 1 aliphatic carbocycles. The van der Waals surface area contributed by atoms with Crippen molar-refractivity contribution in [2.24, 2.45) is 0 Å². The smallest absolute Gasteiger partial charge is 0.318 e. The molecule has 1 aromatic heterocycles. The number of nitrogens with zero attached hydrogens (tertiary/aromatic N) is 2. The van der Waals surface area contributed by atoms with E-state index in [9.17, 15) is 27.5 Å². The number of carboxylic acid groups (broad SMARTS) is 2. The summed E-state index contributed by atoms with van der Waals surface area (Å²) < 4.78 is 42.9. The summed E-state index contributed by atoms with van der Waals surface area (Å²) in [5.74, 6) is -2.78. The van der Waals surface area contributed by atoms with Crippen molar-refractivity contribution in [1.29, 1.82) is 0 Å². The van der Waals surface area contributed by atoms with Crippen LogP contribution in [-0.2, 0) is 39.0 Å². The van der Waals surface area contributed by atoms with E-state index in [1.54, 1.807) is 0 Å². The fourth-order valence-electron chi connectivity index (χ4n) is 4.58. The summed E-state index contributed by atoms with van der Waals surface area (Å²) in [6.07, 6.45) is 1.11. The lowest BCUT2D eigenvalue weighted by Gasteiger charge is -2.33. The molecule has 0 spiro atoms. The first-order valence-electron chi connectivity index (χ1n) is 10.5. The van der Waals surface area contributed by atoms with Gasteiger partial charge in [0.25, 0.3) is 0 Å². The number of sulfonamides is 1.